The van der Waals surface area contributed by atoms with Crippen molar-refractivity contribution in [3.8, 4) is 0 Å². The number of benzene rings is 1. The Morgan fingerprint density at radius 2 is 1.75 bits per heavy atom. The van der Waals surface area contributed by atoms with E-state index >= 15 is 0 Å². The highest BCUT2D eigenvalue weighted by Crippen LogP contribution is 2.08. The molecule has 1 aromatic rings. The van der Waals surface area contributed by atoms with Gasteiger partial charge in [-0.2, -0.15) is 0 Å². The van der Waals surface area contributed by atoms with Crippen molar-refractivity contribution >= 4 is 5.91 Å². The van der Waals surface area contributed by atoms with Crippen LogP contribution < -0.4 is 0 Å². The summed E-state index contributed by atoms with van der Waals surface area (Å²) in [6.45, 7) is 5.12. The molecule has 0 bridgehead atoms. The van der Waals surface area contributed by atoms with Crippen molar-refractivity contribution in [3.05, 3.63) is 35.9 Å². The zero-order valence-electron chi connectivity index (χ0n) is 13.5. The molecule has 1 rings (SSSR count). The van der Waals surface area contributed by atoms with Crippen LogP contribution in [-0.4, -0.2) is 68.2 Å². The first kappa shape index (κ1) is 16.7. The molecule has 0 radical (unpaired) electrons. The van der Waals surface area contributed by atoms with E-state index in [0.29, 0.717) is 0 Å². The maximum Gasteiger partial charge on any atom is 0.268 e. The van der Waals surface area contributed by atoms with Crippen molar-refractivity contribution in [2.75, 3.05) is 47.8 Å². The number of carbonyl (C=O) groups is 1. The maximum atomic E-state index is 12.5. The lowest BCUT2D eigenvalue weighted by Crippen LogP contribution is -2.45. The van der Waals surface area contributed by atoms with Crippen LogP contribution in [0, 0.1) is 0 Å². The molecule has 0 saturated heterocycles. The summed E-state index contributed by atoms with van der Waals surface area (Å²) in [5.41, 5.74) is 0.741. The van der Waals surface area contributed by atoms with Crippen molar-refractivity contribution in [2.24, 2.45) is 0 Å². The van der Waals surface area contributed by atoms with Gasteiger partial charge in [0.25, 0.3) is 5.91 Å². The van der Waals surface area contributed by atoms with Crippen LogP contribution in [0.1, 0.15) is 23.7 Å². The average molecular weight is 278 g/mol. The van der Waals surface area contributed by atoms with E-state index in [9.17, 15) is 4.79 Å². The highest BCUT2D eigenvalue weighted by Gasteiger charge is 2.19. The topological polar surface area (TPSA) is 23.6 Å². The molecule has 0 fully saturated rings. The second kappa shape index (κ2) is 7.41. The average Bonchev–Trinajstić information content (AvgIpc) is 2.43. The summed E-state index contributed by atoms with van der Waals surface area (Å²) in [7, 11) is 8.28. The summed E-state index contributed by atoms with van der Waals surface area (Å²) in [6.07, 6.45) is 0.998. The summed E-state index contributed by atoms with van der Waals surface area (Å²) in [6, 6.07) is 9.46. The first-order valence-corrected chi connectivity index (χ1v) is 7.23. The van der Waals surface area contributed by atoms with Gasteiger partial charge in [-0.3, -0.25) is 9.80 Å². The van der Waals surface area contributed by atoms with Crippen LogP contribution >= 0.6 is 0 Å². The van der Waals surface area contributed by atoms with Gasteiger partial charge < -0.3 is 4.48 Å². The second-order valence-electron chi connectivity index (χ2n) is 5.97. The number of quaternary nitrogens is 1. The van der Waals surface area contributed by atoms with Crippen molar-refractivity contribution < 1.29 is 9.28 Å². The van der Waals surface area contributed by atoms with E-state index in [1.54, 1.807) is 0 Å². The number of hydrogen-bond acceptors (Lipinski definition) is 2. The molecule has 0 aromatic heterocycles. The molecule has 0 aliphatic carbocycles. The van der Waals surface area contributed by atoms with Crippen molar-refractivity contribution in [2.45, 2.75) is 13.3 Å². The van der Waals surface area contributed by atoms with E-state index in [0.717, 1.165) is 36.1 Å². The fraction of sp³-hybridized carbons (Fsp3) is 0.562. The van der Waals surface area contributed by atoms with Crippen LogP contribution in [0.25, 0.3) is 0 Å². The lowest BCUT2D eigenvalue weighted by molar-refractivity contribution is -0.888. The van der Waals surface area contributed by atoms with E-state index in [2.05, 4.69) is 21.0 Å². The molecule has 112 valence electrons. The Labute approximate surface area is 123 Å². The molecule has 4 heteroatoms. The lowest BCUT2D eigenvalue weighted by Gasteiger charge is -2.32. The molecule has 1 amide bonds. The summed E-state index contributed by atoms with van der Waals surface area (Å²) in [5.74, 6) is 0.0670. The van der Waals surface area contributed by atoms with E-state index in [1.165, 1.54) is 0 Å². The smallest absolute Gasteiger partial charge is 0.268 e. The molecule has 0 spiro atoms. The fourth-order valence-electron chi connectivity index (χ4n) is 2.02. The van der Waals surface area contributed by atoms with Crippen LogP contribution in [0.15, 0.2) is 30.3 Å². The van der Waals surface area contributed by atoms with Gasteiger partial charge in [-0.25, -0.2) is 5.01 Å². The van der Waals surface area contributed by atoms with Crippen LogP contribution in [0.4, 0.5) is 0 Å². The van der Waals surface area contributed by atoms with Crippen LogP contribution in [-0.2, 0) is 0 Å². The van der Waals surface area contributed by atoms with Crippen molar-refractivity contribution in [3.63, 3.8) is 0 Å². The number of hydrogen-bond donors (Lipinski definition) is 0. The first-order valence-electron chi connectivity index (χ1n) is 7.23. The van der Waals surface area contributed by atoms with E-state index in [4.69, 9.17) is 0 Å². The fourth-order valence-corrected chi connectivity index (χ4v) is 2.02. The minimum Gasteiger partial charge on any atom is -0.329 e. The van der Waals surface area contributed by atoms with E-state index < -0.39 is 0 Å². The monoisotopic (exact) mass is 278 g/mol. The molecular weight excluding hydrogens is 250 g/mol. The lowest BCUT2D eigenvalue weighted by atomic mass is 10.2. The largest absolute Gasteiger partial charge is 0.329 e. The van der Waals surface area contributed by atoms with Gasteiger partial charge in [0, 0.05) is 32.6 Å². The Hall–Kier alpha value is -1.39. The summed E-state index contributed by atoms with van der Waals surface area (Å²) >= 11 is 0. The normalized spacial score (nSPS) is 11.7. The number of rotatable bonds is 7. The van der Waals surface area contributed by atoms with Gasteiger partial charge in [0.05, 0.1) is 27.2 Å². The molecular formula is C16H28N3O+. The molecule has 0 aliphatic rings. The predicted molar refractivity (Wildman–Crippen MR) is 83.3 cm³/mol. The highest BCUT2D eigenvalue weighted by molar-refractivity contribution is 5.93. The van der Waals surface area contributed by atoms with Gasteiger partial charge >= 0.3 is 0 Å². The van der Waals surface area contributed by atoms with Gasteiger partial charge in [0.1, 0.15) is 0 Å². The number of nitrogens with zero attached hydrogens (tertiary/aromatic N) is 3. The van der Waals surface area contributed by atoms with Gasteiger partial charge in [-0.05, 0) is 19.1 Å². The maximum absolute atomic E-state index is 12.5. The minimum absolute atomic E-state index is 0.0670. The minimum atomic E-state index is 0.0670. The molecule has 0 saturated carbocycles. The van der Waals surface area contributed by atoms with E-state index in [-0.39, 0.29) is 5.91 Å². The molecule has 4 nitrogen and oxygen atoms in total. The van der Waals surface area contributed by atoms with Crippen LogP contribution in [0.2, 0.25) is 0 Å². The SMILES string of the molecule is CC[N+](C)(C)CCCN(C(=O)c1ccccc1)N(C)C. The van der Waals surface area contributed by atoms with E-state index in [1.807, 2.05) is 54.4 Å². The molecule has 0 unspecified atom stereocenters. The molecule has 0 heterocycles. The Balaban J connectivity index is 2.64. The molecule has 0 atom stereocenters. The molecule has 1 aromatic carbocycles. The van der Waals surface area contributed by atoms with Crippen LogP contribution in [0.3, 0.4) is 0 Å². The third-order valence-corrected chi connectivity index (χ3v) is 3.73. The van der Waals surface area contributed by atoms with Crippen molar-refractivity contribution in [1.82, 2.24) is 10.0 Å². The Bertz CT molecular complexity index is 415. The molecule has 0 N–H and O–H groups in total. The van der Waals surface area contributed by atoms with Gasteiger partial charge in [0.15, 0.2) is 0 Å². The number of amides is 1. The Kier molecular flexibility index (Phi) is 6.17. The molecule has 0 aliphatic heterocycles. The highest BCUT2D eigenvalue weighted by atomic mass is 16.2. The second-order valence-corrected chi connectivity index (χ2v) is 5.97. The van der Waals surface area contributed by atoms with Crippen molar-refractivity contribution in [1.29, 1.82) is 0 Å². The van der Waals surface area contributed by atoms with Gasteiger partial charge in [-0.15, -0.1) is 0 Å². The third-order valence-electron chi connectivity index (χ3n) is 3.73. The quantitative estimate of drug-likeness (QED) is 0.563. The summed E-state index contributed by atoms with van der Waals surface area (Å²) in [5, 5.41) is 3.69. The zero-order chi connectivity index (χ0) is 15.2. The number of carbonyl (C=O) groups excluding carboxylic acids is 1. The van der Waals surface area contributed by atoms with Gasteiger partial charge in [-0.1, -0.05) is 18.2 Å². The third kappa shape index (κ3) is 4.94. The standard InChI is InChI=1S/C16H28N3O/c1-6-19(4,5)14-10-13-18(17(2)3)16(20)15-11-8-7-9-12-15/h7-9,11-12H,6,10,13-14H2,1-5H3/q+1. The molecule has 20 heavy (non-hydrogen) atoms. The number of hydrazine groups is 1. The predicted octanol–water partition coefficient (Wildman–Crippen LogP) is 2.09. The summed E-state index contributed by atoms with van der Waals surface area (Å²) in [4.78, 5) is 12.5. The first-order chi connectivity index (χ1) is 9.37. The van der Waals surface area contributed by atoms with Gasteiger partial charge in [0.2, 0.25) is 0 Å². The Morgan fingerprint density at radius 1 is 1.15 bits per heavy atom. The van der Waals surface area contributed by atoms with Crippen LogP contribution in [0.5, 0.6) is 0 Å². The summed E-state index contributed by atoms with van der Waals surface area (Å²) < 4.78 is 0.987. The zero-order valence-corrected chi connectivity index (χ0v) is 13.5. The Morgan fingerprint density at radius 3 is 2.25 bits per heavy atom.